The minimum Gasteiger partial charge on any atom is -0.281 e. The van der Waals surface area contributed by atoms with E-state index in [0.717, 1.165) is 27.5 Å². The Bertz CT molecular complexity index is 1180. The first kappa shape index (κ1) is 23.1. The van der Waals surface area contributed by atoms with Gasteiger partial charge in [0.15, 0.2) is 5.82 Å². The molecule has 0 bridgehead atoms. The first-order valence-electron chi connectivity index (χ1n) is 11.0. The van der Waals surface area contributed by atoms with E-state index in [0.29, 0.717) is 13.1 Å². The number of hydrogen-bond acceptors (Lipinski definition) is 5. The molecule has 0 radical (unpaired) electrons. The summed E-state index contributed by atoms with van der Waals surface area (Å²) in [6, 6.07) is 20.4. The van der Waals surface area contributed by atoms with E-state index in [1.807, 2.05) is 35.1 Å². The standard InChI is InChI=1S/C26H29ClN6/c1-19-11-13-21(14-12-19)24(25-29-30-31-33(25)26(2,3)4)32(17-20-8-7-15-28-16-20)18-22-9-5-6-10-23(22)27/h5-16,24H,17-18H2,1-4H3/t24-/m0/s1. The summed E-state index contributed by atoms with van der Waals surface area (Å²) in [6.45, 7) is 9.71. The van der Waals surface area contributed by atoms with Crippen LogP contribution in [0.25, 0.3) is 0 Å². The third-order valence-corrected chi connectivity index (χ3v) is 5.94. The maximum Gasteiger partial charge on any atom is 0.173 e. The van der Waals surface area contributed by atoms with Crippen molar-refractivity contribution in [2.75, 3.05) is 0 Å². The second-order valence-corrected chi connectivity index (χ2v) is 9.70. The molecule has 0 amide bonds. The Labute approximate surface area is 200 Å². The Balaban J connectivity index is 1.86. The lowest BCUT2D eigenvalue weighted by Gasteiger charge is -2.33. The molecule has 0 fully saturated rings. The van der Waals surface area contributed by atoms with Crippen molar-refractivity contribution in [1.82, 2.24) is 30.1 Å². The molecule has 0 unspecified atom stereocenters. The molecule has 0 saturated carbocycles. The summed E-state index contributed by atoms with van der Waals surface area (Å²) < 4.78 is 1.92. The minimum absolute atomic E-state index is 0.184. The summed E-state index contributed by atoms with van der Waals surface area (Å²) in [4.78, 5) is 6.69. The summed E-state index contributed by atoms with van der Waals surface area (Å²) in [7, 11) is 0. The van der Waals surface area contributed by atoms with Crippen LogP contribution in [0.5, 0.6) is 0 Å². The number of hydrogen-bond donors (Lipinski definition) is 0. The number of rotatable bonds is 7. The number of aromatic nitrogens is 5. The van der Waals surface area contributed by atoms with Crippen LogP contribution in [0.15, 0.2) is 73.1 Å². The lowest BCUT2D eigenvalue weighted by molar-refractivity contribution is 0.185. The van der Waals surface area contributed by atoms with Crippen LogP contribution in [-0.4, -0.2) is 30.1 Å². The summed E-state index contributed by atoms with van der Waals surface area (Å²) in [5.74, 6) is 0.794. The fourth-order valence-electron chi connectivity index (χ4n) is 3.92. The SMILES string of the molecule is Cc1ccc([C@@H](c2nnnn2C(C)(C)C)N(Cc2cccnc2)Cc2ccccc2Cl)cc1. The average Bonchev–Trinajstić information content (AvgIpc) is 3.28. The highest BCUT2D eigenvalue weighted by Crippen LogP contribution is 2.33. The summed E-state index contributed by atoms with van der Waals surface area (Å²) in [5, 5.41) is 13.7. The van der Waals surface area contributed by atoms with Crippen LogP contribution in [-0.2, 0) is 18.6 Å². The van der Waals surface area contributed by atoms with Gasteiger partial charge in [0, 0.05) is 30.5 Å². The third-order valence-electron chi connectivity index (χ3n) is 5.57. The van der Waals surface area contributed by atoms with Gasteiger partial charge in [-0.15, -0.1) is 5.10 Å². The first-order chi connectivity index (χ1) is 15.8. The maximum atomic E-state index is 6.59. The number of nitrogens with zero attached hydrogens (tertiary/aromatic N) is 6. The van der Waals surface area contributed by atoms with E-state index in [1.165, 1.54) is 5.56 Å². The fourth-order valence-corrected chi connectivity index (χ4v) is 4.12. The van der Waals surface area contributed by atoms with Gasteiger partial charge in [-0.1, -0.05) is 65.7 Å². The van der Waals surface area contributed by atoms with E-state index in [-0.39, 0.29) is 11.6 Å². The third kappa shape index (κ3) is 5.46. The first-order valence-corrected chi connectivity index (χ1v) is 11.4. The summed E-state index contributed by atoms with van der Waals surface area (Å²) in [5.41, 5.74) is 4.22. The zero-order chi connectivity index (χ0) is 23.4. The van der Waals surface area contributed by atoms with Gasteiger partial charge in [0.05, 0.1) is 11.6 Å². The summed E-state index contributed by atoms with van der Waals surface area (Å²) >= 11 is 6.59. The van der Waals surface area contributed by atoms with Gasteiger partial charge in [-0.3, -0.25) is 9.88 Å². The van der Waals surface area contributed by atoms with Gasteiger partial charge in [-0.2, -0.15) is 0 Å². The van der Waals surface area contributed by atoms with Gasteiger partial charge in [-0.25, -0.2) is 4.68 Å². The molecule has 0 aliphatic heterocycles. The zero-order valence-electron chi connectivity index (χ0n) is 19.5. The van der Waals surface area contributed by atoms with Crippen LogP contribution in [0.1, 0.15) is 54.9 Å². The van der Waals surface area contributed by atoms with Crippen molar-refractivity contribution in [3.8, 4) is 0 Å². The monoisotopic (exact) mass is 460 g/mol. The maximum absolute atomic E-state index is 6.59. The minimum atomic E-state index is -0.272. The van der Waals surface area contributed by atoms with Gasteiger partial charge in [0.1, 0.15) is 0 Å². The number of tetrazole rings is 1. The van der Waals surface area contributed by atoms with Gasteiger partial charge < -0.3 is 0 Å². The second-order valence-electron chi connectivity index (χ2n) is 9.29. The molecule has 33 heavy (non-hydrogen) atoms. The number of pyridine rings is 1. The number of aryl methyl sites for hydroxylation is 1. The van der Waals surface area contributed by atoms with E-state index in [2.05, 4.69) is 89.5 Å². The van der Waals surface area contributed by atoms with Crippen LogP contribution in [0.4, 0.5) is 0 Å². The highest BCUT2D eigenvalue weighted by Gasteiger charge is 2.32. The Kier molecular flexibility index (Phi) is 6.86. The molecule has 2 aromatic heterocycles. The highest BCUT2D eigenvalue weighted by molar-refractivity contribution is 6.31. The van der Waals surface area contributed by atoms with Crippen LogP contribution in [0, 0.1) is 6.92 Å². The van der Waals surface area contributed by atoms with Crippen molar-refractivity contribution in [1.29, 1.82) is 0 Å². The van der Waals surface area contributed by atoms with Crippen molar-refractivity contribution in [2.24, 2.45) is 0 Å². The van der Waals surface area contributed by atoms with E-state index >= 15 is 0 Å². The largest absolute Gasteiger partial charge is 0.281 e. The van der Waals surface area contributed by atoms with E-state index in [1.54, 1.807) is 6.20 Å². The molecular formula is C26H29ClN6. The molecule has 1 atom stereocenters. The Morgan fingerprint density at radius 1 is 0.970 bits per heavy atom. The van der Waals surface area contributed by atoms with Crippen molar-refractivity contribution < 1.29 is 0 Å². The van der Waals surface area contributed by atoms with Crippen LogP contribution in [0.2, 0.25) is 5.02 Å². The molecule has 2 aromatic carbocycles. The predicted octanol–water partition coefficient (Wildman–Crippen LogP) is 5.58. The number of benzene rings is 2. The van der Waals surface area contributed by atoms with E-state index in [4.69, 9.17) is 11.6 Å². The smallest absolute Gasteiger partial charge is 0.173 e. The Morgan fingerprint density at radius 2 is 1.73 bits per heavy atom. The molecular weight excluding hydrogens is 432 g/mol. The number of halogens is 1. The lowest BCUT2D eigenvalue weighted by atomic mass is 9.99. The van der Waals surface area contributed by atoms with E-state index < -0.39 is 0 Å². The topological polar surface area (TPSA) is 59.7 Å². The molecule has 0 spiro atoms. The van der Waals surface area contributed by atoms with Crippen LogP contribution >= 0.6 is 11.6 Å². The van der Waals surface area contributed by atoms with Crippen molar-refractivity contribution in [3.63, 3.8) is 0 Å². The van der Waals surface area contributed by atoms with Crippen molar-refractivity contribution in [2.45, 2.75) is 52.4 Å². The molecule has 4 rings (SSSR count). The van der Waals surface area contributed by atoms with Gasteiger partial charge >= 0.3 is 0 Å². The van der Waals surface area contributed by atoms with Crippen LogP contribution < -0.4 is 0 Å². The fraction of sp³-hybridized carbons (Fsp3) is 0.308. The predicted molar refractivity (Wildman–Crippen MR) is 131 cm³/mol. The van der Waals surface area contributed by atoms with Gasteiger partial charge in [0.2, 0.25) is 0 Å². The second kappa shape index (κ2) is 9.81. The Hall–Kier alpha value is -3.09. The molecule has 6 nitrogen and oxygen atoms in total. The Morgan fingerprint density at radius 3 is 2.39 bits per heavy atom. The lowest BCUT2D eigenvalue weighted by Crippen LogP contribution is -2.35. The molecule has 0 N–H and O–H groups in total. The molecule has 2 heterocycles. The van der Waals surface area contributed by atoms with Crippen LogP contribution in [0.3, 0.4) is 0 Å². The molecule has 7 heteroatoms. The van der Waals surface area contributed by atoms with Gasteiger partial charge in [-0.05, 0) is 66.9 Å². The molecule has 0 aliphatic carbocycles. The normalized spacial score (nSPS) is 12.8. The molecule has 170 valence electrons. The van der Waals surface area contributed by atoms with Crippen molar-refractivity contribution >= 4 is 11.6 Å². The zero-order valence-corrected chi connectivity index (χ0v) is 20.2. The molecule has 0 saturated heterocycles. The summed E-state index contributed by atoms with van der Waals surface area (Å²) in [6.07, 6.45) is 3.69. The quantitative estimate of drug-likeness (QED) is 0.360. The van der Waals surface area contributed by atoms with Gasteiger partial charge in [0.25, 0.3) is 0 Å². The highest BCUT2D eigenvalue weighted by atomic mass is 35.5. The van der Waals surface area contributed by atoms with E-state index in [9.17, 15) is 0 Å². The average molecular weight is 461 g/mol. The molecule has 0 aliphatic rings. The molecule has 4 aromatic rings. The van der Waals surface area contributed by atoms with Crippen molar-refractivity contribution in [3.05, 3.63) is 106 Å².